The van der Waals surface area contributed by atoms with Gasteiger partial charge >= 0.3 is 5.16 Å². The minimum Gasteiger partial charge on any atom is -0.359 e. The molecular weight excluding hydrogens is 183 g/mol. The van der Waals surface area contributed by atoms with Gasteiger partial charge in [-0.3, -0.25) is 0 Å². The summed E-state index contributed by atoms with van der Waals surface area (Å²) in [5.41, 5.74) is 0. The first-order valence-corrected chi connectivity index (χ1v) is 4.07. The minimum atomic E-state index is 0.455. The second kappa shape index (κ2) is 4.62. The number of nitrogens with zero attached hydrogens (tertiary/aromatic N) is 2. The topological polar surface area (TPSA) is 6.25 Å². The van der Waals surface area contributed by atoms with Crippen molar-refractivity contribution in [2.24, 2.45) is 0 Å². The van der Waals surface area contributed by atoms with Gasteiger partial charge in [-0.05, 0) is 18.5 Å². The molecule has 0 aromatic rings. The average molecular weight is 196 g/mol. The van der Waals surface area contributed by atoms with Gasteiger partial charge in [0, 0.05) is 13.6 Å². The third-order valence-corrected chi connectivity index (χ3v) is 2.35. The number of hydrogen-bond acceptors (Lipinski definition) is 1. The van der Waals surface area contributed by atoms with Crippen LogP contribution in [0.4, 0.5) is 0 Å². The van der Waals surface area contributed by atoms with Gasteiger partial charge in [-0.1, -0.05) is 11.6 Å². The lowest BCUT2D eigenvalue weighted by Crippen LogP contribution is -2.16. The third kappa shape index (κ3) is 3.12. The van der Waals surface area contributed by atoms with Crippen LogP contribution in [0.2, 0.25) is 0 Å². The number of halogens is 2. The molecule has 0 radical (unpaired) electrons. The highest BCUT2D eigenvalue weighted by Gasteiger charge is 2.12. The monoisotopic (exact) mass is 195 g/mol. The molecule has 0 aliphatic rings. The zero-order chi connectivity index (χ0) is 9.02. The quantitative estimate of drug-likeness (QED) is 0.379. The molecule has 0 heterocycles. The van der Waals surface area contributed by atoms with Crippen LogP contribution >= 0.6 is 23.2 Å². The Morgan fingerprint density at radius 1 is 1.55 bits per heavy atom. The Morgan fingerprint density at radius 3 is 2.27 bits per heavy atom. The van der Waals surface area contributed by atoms with Gasteiger partial charge in [0.2, 0.25) is 0 Å². The fourth-order valence-corrected chi connectivity index (χ4v) is 0.862. The van der Waals surface area contributed by atoms with E-state index < -0.39 is 0 Å². The van der Waals surface area contributed by atoms with Gasteiger partial charge in [-0.25, -0.2) is 0 Å². The maximum absolute atomic E-state index is 5.87. The predicted octanol–water partition coefficient (Wildman–Crippen LogP) is 1.89. The SMILES string of the molecule is C=[N+](C)/C(Cl)=C(/Cl)N(C)CC. The second-order valence-corrected chi connectivity index (χ2v) is 3.01. The maximum Gasteiger partial charge on any atom is 0.309 e. The second-order valence-electron chi connectivity index (χ2n) is 2.29. The fourth-order valence-electron chi connectivity index (χ4n) is 0.454. The summed E-state index contributed by atoms with van der Waals surface area (Å²) in [6.07, 6.45) is 0. The van der Waals surface area contributed by atoms with Crippen LogP contribution in [-0.2, 0) is 0 Å². The predicted molar refractivity (Wildman–Crippen MR) is 50.3 cm³/mol. The van der Waals surface area contributed by atoms with Crippen LogP contribution in [0.5, 0.6) is 0 Å². The molecule has 0 rings (SSSR count). The molecule has 0 spiro atoms. The molecule has 0 bridgehead atoms. The molecule has 2 nitrogen and oxygen atoms in total. The van der Waals surface area contributed by atoms with E-state index in [1.165, 1.54) is 4.58 Å². The molecule has 0 amide bonds. The Balaban J connectivity index is 4.51. The van der Waals surface area contributed by atoms with Crippen molar-refractivity contribution in [2.45, 2.75) is 6.92 Å². The minimum absolute atomic E-state index is 0.455. The number of rotatable bonds is 3. The molecule has 4 heteroatoms. The van der Waals surface area contributed by atoms with Crippen LogP contribution in [0, 0.1) is 0 Å². The van der Waals surface area contributed by atoms with E-state index in [0.717, 1.165) is 6.54 Å². The Kier molecular flexibility index (Phi) is 4.54. The Hall–Kier alpha value is -0.210. The van der Waals surface area contributed by atoms with Crippen molar-refractivity contribution < 1.29 is 4.58 Å². The van der Waals surface area contributed by atoms with Crippen molar-refractivity contribution in [3.8, 4) is 0 Å². The van der Waals surface area contributed by atoms with E-state index in [1.807, 2.05) is 18.9 Å². The molecule has 11 heavy (non-hydrogen) atoms. The van der Waals surface area contributed by atoms with Crippen LogP contribution in [0.15, 0.2) is 10.3 Å². The van der Waals surface area contributed by atoms with Gasteiger partial charge in [0.05, 0.1) is 0 Å². The average Bonchev–Trinajstić information content (AvgIpc) is 2.00. The van der Waals surface area contributed by atoms with Crippen molar-refractivity contribution in [2.75, 3.05) is 20.6 Å². The molecule has 0 atom stereocenters. The largest absolute Gasteiger partial charge is 0.359 e. The first kappa shape index (κ1) is 10.8. The molecule has 0 aliphatic heterocycles. The normalized spacial score (nSPS) is 12.5. The van der Waals surface area contributed by atoms with Gasteiger partial charge in [0.15, 0.2) is 5.16 Å². The lowest BCUT2D eigenvalue weighted by atomic mass is 10.6. The summed E-state index contributed by atoms with van der Waals surface area (Å²) in [5, 5.41) is 0.975. The van der Waals surface area contributed by atoms with E-state index in [2.05, 4.69) is 6.72 Å². The van der Waals surface area contributed by atoms with Gasteiger partial charge in [-0.15, -0.1) is 0 Å². The highest BCUT2D eigenvalue weighted by molar-refractivity contribution is 6.37. The van der Waals surface area contributed by atoms with Gasteiger partial charge in [-0.2, -0.15) is 4.58 Å². The van der Waals surface area contributed by atoms with Crippen LogP contribution in [-0.4, -0.2) is 36.8 Å². The fraction of sp³-hybridized carbons (Fsp3) is 0.571. The summed E-state index contributed by atoms with van der Waals surface area (Å²) >= 11 is 11.7. The van der Waals surface area contributed by atoms with E-state index in [4.69, 9.17) is 23.2 Å². The first-order valence-electron chi connectivity index (χ1n) is 3.31. The van der Waals surface area contributed by atoms with Crippen molar-refractivity contribution in [1.82, 2.24) is 4.90 Å². The number of hydrogen-bond donors (Lipinski definition) is 0. The highest BCUT2D eigenvalue weighted by Crippen LogP contribution is 2.16. The molecule has 0 aromatic heterocycles. The van der Waals surface area contributed by atoms with E-state index in [-0.39, 0.29) is 0 Å². The molecule has 0 aliphatic carbocycles. The van der Waals surface area contributed by atoms with Crippen LogP contribution < -0.4 is 0 Å². The molecule has 64 valence electrons. The Morgan fingerprint density at radius 2 is 2.00 bits per heavy atom. The first-order chi connectivity index (χ1) is 5.00. The van der Waals surface area contributed by atoms with E-state index in [9.17, 15) is 0 Å². The van der Waals surface area contributed by atoms with E-state index >= 15 is 0 Å². The molecule has 0 aromatic carbocycles. The third-order valence-electron chi connectivity index (χ3n) is 1.31. The van der Waals surface area contributed by atoms with Crippen molar-refractivity contribution in [1.29, 1.82) is 0 Å². The molecule has 0 saturated carbocycles. The molecule has 0 fully saturated rings. The molecule has 0 N–H and O–H groups in total. The Bertz CT molecular complexity index is 187. The lowest BCUT2D eigenvalue weighted by Gasteiger charge is -2.13. The van der Waals surface area contributed by atoms with Crippen LogP contribution in [0.25, 0.3) is 0 Å². The zero-order valence-electron chi connectivity index (χ0n) is 7.06. The highest BCUT2D eigenvalue weighted by atomic mass is 35.5. The summed E-state index contributed by atoms with van der Waals surface area (Å²) in [4.78, 5) is 1.84. The van der Waals surface area contributed by atoms with Crippen molar-refractivity contribution in [3.63, 3.8) is 0 Å². The van der Waals surface area contributed by atoms with Crippen molar-refractivity contribution >= 4 is 29.9 Å². The van der Waals surface area contributed by atoms with E-state index in [0.29, 0.717) is 10.3 Å². The molecule has 0 saturated heterocycles. The van der Waals surface area contributed by atoms with Gasteiger partial charge in [0.1, 0.15) is 13.8 Å². The smallest absolute Gasteiger partial charge is 0.309 e. The summed E-state index contributed by atoms with van der Waals surface area (Å²) < 4.78 is 1.52. The molecular formula is C7H13Cl2N2+. The van der Waals surface area contributed by atoms with Crippen LogP contribution in [0.3, 0.4) is 0 Å². The maximum atomic E-state index is 5.87. The van der Waals surface area contributed by atoms with Crippen molar-refractivity contribution in [3.05, 3.63) is 10.3 Å². The van der Waals surface area contributed by atoms with Gasteiger partial charge in [0.25, 0.3) is 0 Å². The van der Waals surface area contributed by atoms with Gasteiger partial charge < -0.3 is 4.90 Å². The lowest BCUT2D eigenvalue weighted by molar-refractivity contribution is -0.423. The summed E-state index contributed by atoms with van der Waals surface area (Å²) in [5.74, 6) is 0. The summed E-state index contributed by atoms with van der Waals surface area (Å²) in [7, 11) is 3.61. The summed E-state index contributed by atoms with van der Waals surface area (Å²) in [6, 6.07) is 0. The summed E-state index contributed by atoms with van der Waals surface area (Å²) in [6.45, 7) is 6.43. The van der Waals surface area contributed by atoms with Crippen LogP contribution in [0.1, 0.15) is 6.92 Å². The Labute approximate surface area is 77.7 Å². The standard InChI is InChI=1S/C7H13Cl2N2/c1-5-11(4)7(9)6(8)10(2)3/h2,5H2,1,3-4H3/q+1/b7-6-. The molecule has 0 unspecified atom stereocenters. The zero-order valence-corrected chi connectivity index (χ0v) is 8.58. The van der Waals surface area contributed by atoms with E-state index in [1.54, 1.807) is 7.05 Å².